The van der Waals surface area contributed by atoms with E-state index in [9.17, 15) is 5.11 Å². The average molecular weight is 201 g/mol. The molecule has 0 aliphatic rings. The molecule has 0 amide bonds. The maximum absolute atomic E-state index is 9.98. The molecule has 0 aliphatic heterocycles. The van der Waals surface area contributed by atoms with Gasteiger partial charge in [-0.05, 0) is 24.1 Å². The first-order valence-electron chi connectivity index (χ1n) is 6.54. The number of hydrogen-bond donors (Lipinski definition) is 1. The number of aliphatic hydroxyl groups excluding tert-OH is 1. The quantitative estimate of drug-likeness (QED) is 0.811. The number of rotatable bonds is 4. The second-order valence-corrected chi connectivity index (χ2v) is 2.69. The summed E-state index contributed by atoms with van der Waals surface area (Å²) in [6.07, 6.45) is -4.59. The topological polar surface area (TPSA) is 38.7 Å². The maximum Gasteiger partial charge on any atom is 0.122 e. The van der Waals surface area contributed by atoms with Crippen molar-refractivity contribution in [1.82, 2.24) is 0 Å². The highest BCUT2D eigenvalue weighted by molar-refractivity contribution is 5.39. The SMILES string of the molecule is [2H]C([2H])([2H])C([2H])([2H])C(O)c1cc(OC)cc(OC)c1. The zero-order chi connectivity index (χ0) is 14.8. The molecular weight excluding hydrogens is 180 g/mol. The van der Waals surface area contributed by atoms with Crippen LogP contribution in [0.3, 0.4) is 0 Å². The number of aliphatic hydroxyl groups is 1. The molecule has 14 heavy (non-hydrogen) atoms. The average Bonchev–Trinajstić information content (AvgIpc) is 2.35. The first-order chi connectivity index (χ1) is 8.63. The van der Waals surface area contributed by atoms with Crippen LogP contribution in [0.25, 0.3) is 0 Å². The summed E-state index contributed by atoms with van der Waals surface area (Å²) in [4.78, 5) is 0. The van der Waals surface area contributed by atoms with Crippen LogP contribution < -0.4 is 9.47 Å². The molecular formula is C11H16O3. The molecule has 1 atom stereocenters. The van der Waals surface area contributed by atoms with Crippen molar-refractivity contribution in [1.29, 1.82) is 0 Å². The lowest BCUT2D eigenvalue weighted by Gasteiger charge is -2.11. The van der Waals surface area contributed by atoms with Crippen molar-refractivity contribution in [3.8, 4) is 11.5 Å². The Labute approximate surface area is 91.3 Å². The lowest BCUT2D eigenvalue weighted by Crippen LogP contribution is -1.97. The zero-order valence-electron chi connectivity index (χ0n) is 13.1. The van der Waals surface area contributed by atoms with Crippen LogP contribution in [0.5, 0.6) is 11.5 Å². The van der Waals surface area contributed by atoms with Crippen LogP contribution in [0.4, 0.5) is 0 Å². The lowest BCUT2D eigenvalue weighted by atomic mass is 10.1. The first kappa shape index (κ1) is 5.61. The smallest absolute Gasteiger partial charge is 0.122 e. The highest BCUT2D eigenvalue weighted by Crippen LogP contribution is 2.27. The monoisotopic (exact) mass is 201 g/mol. The van der Waals surface area contributed by atoms with E-state index in [0.29, 0.717) is 11.5 Å². The summed E-state index contributed by atoms with van der Waals surface area (Å²) in [7, 11) is 2.81. The van der Waals surface area contributed by atoms with Crippen molar-refractivity contribution >= 4 is 0 Å². The van der Waals surface area contributed by atoms with Gasteiger partial charge in [-0.25, -0.2) is 0 Å². The Kier molecular flexibility index (Phi) is 1.95. The molecule has 0 saturated heterocycles. The second kappa shape index (κ2) is 4.86. The van der Waals surface area contributed by atoms with Gasteiger partial charge in [-0.1, -0.05) is 6.85 Å². The summed E-state index contributed by atoms with van der Waals surface area (Å²) >= 11 is 0. The van der Waals surface area contributed by atoms with Gasteiger partial charge in [0.25, 0.3) is 0 Å². The Morgan fingerprint density at radius 2 is 1.93 bits per heavy atom. The predicted molar refractivity (Wildman–Crippen MR) is 54.8 cm³/mol. The van der Waals surface area contributed by atoms with Crippen molar-refractivity contribution in [3.05, 3.63) is 23.8 Å². The van der Waals surface area contributed by atoms with E-state index < -0.39 is 19.3 Å². The van der Waals surface area contributed by atoms with E-state index in [2.05, 4.69) is 0 Å². The highest BCUT2D eigenvalue weighted by Gasteiger charge is 2.08. The van der Waals surface area contributed by atoms with E-state index in [1.165, 1.54) is 26.4 Å². The summed E-state index contributed by atoms with van der Waals surface area (Å²) in [5.74, 6) is 0.685. The molecule has 78 valence electrons. The van der Waals surface area contributed by atoms with Crippen LogP contribution in [-0.4, -0.2) is 19.3 Å². The molecule has 1 N–H and O–H groups in total. The fraction of sp³-hybridized carbons (Fsp3) is 0.455. The fourth-order valence-corrected chi connectivity index (χ4v) is 1.07. The Hall–Kier alpha value is -1.22. The Bertz CT molecular complexity index is 422. The Morgan fingerprint density at radius 3 is 2.36 bits per heavy atom. The molecule has 0 heterocycles. The molecule has 0 bridgehead atoms. The van der Waals surface area contributed by atoms with Crippen LogP contribution in [-0.2, 0) is 0 Å². The van der Waals surface area contributed by atoms with Gasteiger partial charge in [0.05, 0.1) is 20.3 Å². The Balaban J connectivity index is 3.22. The summed E-state index contributed by atoms with van der Waals surface area (Å²) < 4.78 is 46.5. The predicted octanol–water partition coefficient (Wildman–Crippen LogP) is 2.15. The lowest BCUT2D eigenvalue weighted by molar-refractivity contribution is 0.173. The molecule has 1 unspecified atom stereocenters. The number of ether oxygens (including phenoxy) is 2. The van der Waals surface area contributed by atoms with Crippen molar-refractivity contribution < 1.29 is 21.4 Å². The van der Waals surface area contributed by atoms with Crippen LogP contribution >= 0.6 is 0 Å². The van der Waals surface area contributed by atoms with E-state index in [1.54, 1.807) is 6.07 Å². The third-order valence-electron chi connectivity index (χ3n) is 1.83. The molecule has 0 aliphatic carbocycles. The van der Waals surface area contributed by atoms with Gasteiger partial charge in [-0.15, -0.1) is 0 Å². The van der Waals surface area contributed by atoms with Crippen LogP contribution in [0, 0.1) is 0 Å². The van der Waals surface area contributed by atoms with Gasteiger partial charge in [0.1, 0.15) is 11.5 Å². The molecule has 0 radical (unpaired) electrons. The summed E-state index contributed by atoms with van der Waals surface area (Å²) in [6.45, 7) is -2.94. The summed E-state index contributed by atoms with van der Waals surface area (Å²) in [5, 5.41) is 9.98. The molecule has 0 spiro atoms. The van der Waals surface area contributed by atoms with E-state index in [-0.39, 0.29) is 5.56 Å². The van der Waals surface area contributed by atoms with Gasteiger partial charge < -0.3 is 14.6 Å². The zero-order valence-corrected chi connectivity index (χ0v) is 8.07. The molecule has 3 nitrogen and oxygen atoms in total. The maximum atomic E-state index is 9.98. The Morgan fingerprint density at radius 1 is 1.36 bits per heavy atom. The molecule has 0 fully saturated rings. The van der Waals surface area contributed by atoms with Gasteiger partial charge in [-0.3, -0.25) is 0 Å². The third-order valence-corrected chi connectivity index (χ3v) is 1.83. The van der Waals surface area contributed by atoms with E-state index in [4.69, 9.17) is 16.3 Å². The molecule has 1 rings (SSSR count). The molecule has 3 heteroatoms. The van der Waals surface area contributed by atoms with Gasteiger partial charge in [-0.2, -0.15) is 0 Å². The minimum absolute atomic E-state index is 0.0809. The van der Waals surface area contributed by atoms with Crippen molar-refractivity contribution in [2.24, 2.45) is 0 Å². The molecule has 1 aromatic rings. The van der Waals surface area contributed by atoms with Gasteiger partial charge in [0.15, 0.2) is 0 Å². The minimum atomic E-state index is -2.94. The minimum Gasteiger partial charge on any atom is -0.497 e. The molecule has 0 aromatic heterocycles. The van der Waals surface area contributed by atoms with E-state index in [0.717, 1.165) is 0 Å². The largest absolute Gasteiger partial charge is 0.497 e. The highest BCUT2D eigenvalue weighted by atomic mass is 16.5. The third kappa shape index (κ3) is 2.39. The van der Waals surface area contributed by atoms with Crippen molar-refractivity contribution in [3.63, 3.8) is 0 Å². The summed E-state index contributed by atoms with van der Waals surface area (Å²) in [5.41, 5.74) is 0.0809. The van der Waals surface area contributed by atoms with Crippen LogP contribution in [0.1, 0.15) is 31.7 Å². The number of hydrogen-bond acceptors (Lipinski definition) is 3. The molecule has 0 saturated carbocycles. The normalized spacial score (nSPS) is 19.5. The fourth-order valence-electron chi connectivity index (χ4n) is 1.07. The van der Waals surface area contributed by atoms with Gasteiger partial charge in [0.2, 0.25) is 0 Å². The van der Waals surface area contributed by atoms with Crippen molar-refractivity contribution in [2.75, 3.05) is 14.2 Å². The first-order valence-corrected chi connectivity index (χ1v) is 4.04. The van der Waals surface area contributed by atoms with E-state index in [1.807, 2.05) is 0 Å². The summed E-state index contributed by atoms with van der Waals surface area (Å²) in [6, 6.07) is 4.29. The van der Waals surface area contributed by atoms with Gasteiger partial charge >= 0.3 is 0 Å². The van der Waals surface area contributed by atoms with Gasteiger partial charge in [0, 0.05) is 12.9 Å². The van der Waals surface area contributed by atoms with Crippen LogP contribution in [0.2, 0.25) is 0 Å². The number of benzene rings is 1. The van der Waals surface area contributed by atoms with Crippen molar-refractivity contribution in [2.45, 2.75) is 19.3 Å². The standard InChI is InChI=1S/C11H16O3/c1-4-11(12)8-5-9(13-2)7-10(6-8)14-3/h5-7,11-12H,4H2,1-3H3/i1D3,4D2. The molecule has 1 aromatic carbocycles. The van der Waals surface area contributed by atoms with E-state index >= 15 is 0 Å². The number of methoxy groups -OCH3 is 2. The van der Waals surface area contributed by atoms with Crippen LogP contribution in [0.15, 0.2) is 18.2 Å². The second-order valence-electron chi connectivity index (χ2n) is 2.69.